The van der Waals surface area contributed by atoms with Crippen LogP contribution in [0.25, 0.3) is 0 Å². The Kier molecular flexibility index (Phi) is 5.78. The SMILES string of the molecule is O=C(Cc1cccnc1)NCCCN1CCNCC1. The van der Waals surface area contributed by atoms with Crippen molar-refractivity contribution >= 4 is 5.91 Å². The molecule has 2 N–H and O–H groups in total. The summed E-state index contributed by atoms with van der Waals surface area (Å²) in [4.78, 5) is 18.1. The summed E-state index contributed by atoms with van der Waals surface area (Å²) in [5, 5.41) is 6.30. The zero-order chi connectivity index (χ0) is 13.3. The molecule has 0 spiro atoms. The summed E-state index contributed by atoms with van der Waals surface area (Å²) in [5.41, 5.74) is 0.960. The molecule has 2 rings (SSSR count). The minimum Gasteiger partial charge on any atom is -0.356 e. The Labute approximate surface area is 114 Å². The van der Waals surface area contributed by atoms with Crippen LogP contribution in [0, 0.1) is 0 Å². The van der Waals surface area contributed by atoms with Gasteiger partial charge in [-0.25, -0.2) is 0 Å². The third-order valence-corrected chi connectivity index (χ3v) is 3.27. The summed E-state index contributed by atoms with van der Waals surface area (Å²) >= 11 is 0. The second-order valence-electron chi connectivity index (χ2n) is 4.83. The fourth-order valence-electron chi connectivity index (χ4n) is 2.22. The van der Waals surface area contributed by atoms with Crippen molar-refractivity contribution in [2.75, 3.05) is 39.3 Å². The van der Waals surface area contributed by atoms with Crippen molar-refractivity contribution in [1.82, 2.24) is 20.5 Å². The van der Waals surface area contributed by atoms with E-state index in [-0.39, 0.29) is 5.91 Å². The van der Waals surface area contributed by atoms with E-state index in [4.69, 9.17) is 0 Å². The second-order valence-corrected chi connectivity index (χ2v) is 4.83. The van der Waals surface area contributed by atoms with Crippen molar-refractivity contribution in [1.29, 1.82) is 0 Å². The van der Waals surface area contributed by atoms with Crippen LogP contribution >= 0.6 is 0 Å². The number of nitrogens with zero attached hydrogens (tertiary/aromatic N) is 2. The van der Waals surface area contributed by atoms with E-state index < -0.39 is 0 Å². The maximum absolute atomic E-state index is 11.7. The first-order valence-electron chi connectivity index (χ1n) is 6.93. The van der Waals surface area contributed by atoms with E-state index in [2.05, 4.69) is 20.5 Å². The molecule has 1 fully saturated rings. The minimum absolute atomic E-state index is 0.0771. The molecule has 1 aliphatic heterocycles. The van der Waals surface area contributed by atoms with E-state index in [1.807, 2.05) is 12.1 Å². The van der Waals surface area contributed by atoms with Crippen molar-refractivity contribution in [3.8, 4) is 0 Å². The van der Waals surface area contributed by atoms with Gasteiger partial charge < -0.3 is 15.5 Å². The summed E-state index contributed by atoms with van der Waals surface area (Å²) in [7, 11) is 0. The van der Waals surface area contributed by atoms with Crippen LogP contribution in [-0.4, -0.2) is 55.1 Å². The Morgan fingerprint density at radius 2 is 2.26 bits per heavy atom. The van der Waals surface area contributed by atoms with Crippen molar-refractivity contribution in [3.05, 3.63) is 30.1 Å². The van der Waals surface area contributed by atoms with Crippen LogP contribution in [-0.2, 0) is 11.2 Å². The summed E-state index contributed by atoms with van der Waals surface area (Å²) in [6, 6.07) is 3.78. The standard InChI is InChI=1S/C14H22N4O/c19-14(11-13-3-1-4-16-12-13)17-5-2-8-18-9-6-15-7-10-18/h1,3-4,12,15H,2,5-11H2,(H,17,19). The molecular formula is C14H22N4O. The fraction of sp³-hybridized carbons (Fsp3) is 0.571. The number of piperazine rings is 1. The molecule has 5 heteroatoms. The quantitative estimate of drug-likeness (QED) is 0.711. The number of amides is 1. The van der Waals surface area contributed by atoms with Crippen molar-refractivity contribution < 1.29 is 4.79 Å². The van der Waals surface area contributed by atoms with Gasteiger partial charge in [-0.3, -0.25) is 9.78 Å². The highest BCUT2D eigenvalue weighted by Crippen LogP contribution is 1.97. The highest BCUT2D eigenvalue weighted by molar-refractivity contribution is 5.78. The monoisotopic (exact) mass is 262 g/mol. The van der Waals surface area contributed by atoms with Gasteiger partial charge in [0, 0.05) is 45.1 Å². The van der Waals surface area contributed by atoms with Gasteiger partial charge in [0.25, 0.3) is 0 Å². The van der Waals surface area contributed by atoms with Crippen LogP contribution in [0.3, 0.4) is 0 Å². The van der Waals surface area contributed by atoms with Gasteiger partial charge in [-0.05, 0) is 24.6 Å². The first kappa shape index (κ1) is 14.0. The Bertz CT molecular complexity index is 376. The molecule has 0 aliphatic carbocycles. The average molecular weight is 262 g/mol. The number of aromatic nitrogens is 1. The van der Waals surface area contributed by atoms with E-state index >= 15 is 0 Å². The summed E-state index contributed by atoms with van der Waals surface area (Å²) in [6.45, 7) is 6.20. The lowest BCUT2D eigenvalue weighted by molar-refractivity contribution is -0.120. The normalized spacial score (nSPS) is 16.2. The third kappa shape index (κ3) is 5.36. The molecule has 0 unspecified atom stereocenters. The molecule has 0 radical (unpaired) electrons. The predicted octanol–water partition coefficient (Wildman–Crippen LogP) is 0.0356. The van der Waals surface area contributed by atoms with Crippen LogP contribution in [0.4, 0.5) is 0 Å². The molecule has 2 heterocycles. The van der Waals surface area contributed by atoms with E-state index in [0.29, 0.717) is 6.42 Å². The second kappa shape index (κ2) is 7.86. The molecule has 1 saturated heterocycles. The molecule has 0 saturated carbocycles. The summed E-state index contributed by atoms with van der Waals surface area (Å²) in [5.74, 6) is 0.0771. The van der Waals surface area contributed by atoms with Gasteiger partial charge in [0.2, 0.25) is 5.91 Å². The first-order valence-corrected chi connectivity index (χ1v) is 6.93. The lowest BCUT2D eigenvalue weighted by Gasteiger charge is -2.27. The molecule has 1 aromatic rings. The lowest BCUT2D eigenvalue weighted by Crippen LogP contribution is -2.44. The number of hydrogen-bond acceptors (Lipinski definition) is 4. The first-order chi connectivity index (χ1) is 9.34. The topological polar surface area (TPSA) is 57.3 Å². The van der Waals surface area contributed by atoms with E-state index in [1.54, 1.807) is 12.4 Å². The smallest absolute Gasteiger partial charge is 0.224 e. The molecule has 5 nitrogen and oxygen atoms in total. The van der Waals surface area contributed by atoms with Crippen LogP contribution in [0.1, 0.15) is 12.0 Å². The molecule has 0 atom stereocenters. The molecule has 1 aliphatic rings. The molecule has 0 aromatic carbocycles. The lowest BCUT2D eigenvalue weighted by atomic mass is 10.2. The molecular weight excluding hydrogens is 240 g/mol. The van der Waals surface area contributed by atoms with Gasteiger partial charge in [0.1, 0.15) is 0 Å². The Hall–Kier alpha value is -1.46. The molecule has 19 heavy (non-hydrogen) atoms. The number of pyridine rings is 1. The Balaban J connectivity index is 1.56. The summed E-state index contributed by atoms with van der Waals surface area (Å²) in [6.07, 6.45) is 4.88. The predicted molar refractivity (Wildman–Crippen MR) is 74.9 cm³/mol. The van der Waals surface area contributed by atoms with Crippen molar-refractivity contribution in [2.24, 2.45) is 0 Å². The largest absolute Gasteiger partial charge is 0.356 e. The average Bonchev–Trinajstić information content (AvgIpc) is 2.46. The third-order valence-electron chi connectivity index (χ3n) is 3.27. The minimum atomic E-state index is 0.0771. The van der Waals surface area contributed by atoms with Crippen LogP contribution < -0.4 is 10.6 Å². The Morgan fingerprint density at radius 1 is 1.42 bits per heavy atom. The van der Waals surface area contributed by atoms with Gasteiger partial charge in [0.05, 0.1) is 6.42 Å². The zero-order valence-corrected chi connectivity index (χ0v) is 11.3. The van der Waals surface area contributed by atoms with Gasteiger partial charge >= 0.3 is 0 Å². The number of hydrogen-bond donors (Lipinski definition) is 2. The summed E-state index contributed by atoms with van der Waals surface area (Å²) < 4.78 is 0. The maximum atomic E-state index is 11.7. The van der Waals surface area contributed by atoms with Gasteiger partial charge in [-0.1, -0.05) is 6.07 Å². The Morgan fingerprint density at radius 3 is 3.00 bits per heavy atom. The highest BCUT2D eigenvalue weighted by Gasteiger charge is 2.08. The van der Waals surface area contributed by atoms with E-state index in [0.717, 1.165) is 51.3 Å². The van der Waals surface area contributed by atoms with Gasteiger partial charge in [-0.2, -0.15) is 0 Å². The van der Waals surface area contributed by atoms with Crippen LogP contribution in [0.5, 0.6) is 0 Å². The number of carbonyl (C=O) groups is 1. The molecule has 0 bridgehead atoms. The number of nitrogens with one attached hydrogen (secondary N) is 2. The van der Waals surface area contributed by atoms with Crippen LogP contribution in [0.2, 0.25) is 0 Å². The fourth-order valence-corrected chi connectivity index (χ4v) is 2.22. The maximum Gasteiger partial charge on any atom is 0.224 e. The highest BCUT2D eigenvalue weighted by atomic mass is 16.1. The molecule has 1 amide bonds. The van der Waals surface area contributed by atoms with Gasteiger partial charge in [0.15, 0.2) is 0 Å². The number of carbonyl (C=O) groups excluding carboxylic acids is 1. The van der Waals surface area contributed by atoms with Crippen molar-refractivity contribution in [2.45, 2.75) is 12.8 Å². The molecule has 1 aromatic heterocycles. The van der Waals surface area contributed by atoms with Crippen LogP contribution in [0.15, 0.2) is 24.5 Å². The van der Waals surface area contributed by atoms with E-state index in [1.165, 1.54) is 0 Å². The molecule has 104 valence electrons. The zero-order valence-electron chi connectivity index (χ0n) is 11.3. The van der Waals surface area contributed by atoms with Gasteiger partial charge in [-0.15, -0.1) is 0 Å². The number of rotatable bonds is 6. The van der Waals surface area contributed by atoms with Crippen molar-refractivity contribution in [3.63, 3.8) is 0 Å². The van der Waals surface area contributed by atoms with E-state index in [9.17, 15) is 4.79 Å².